The zero-order chi connectivity index (χ0) is 20.7. The second-order valence-electron chi connectivity index (χ2n) is 8.04. The highest BCUT2D eigenvalue weighted by molar-refractivity contribution is 5.82. The number of hydrogen-bond donors (Lipinski definition) is 2. The van der Waals surface area contributed by atoms with E-state index in [1.807, 2.05) is 6.92 Å². The van der Waals surface area contributed by atoms with Gasteiger partial charge in [0.15, 0.2) is 0 Å². The number of imidazole rings is 1. The molecule has 0 saturated carbocycles. The molecule has 6 nitrogen and oxygen atoms in total. The van der Waals surface area contributed by atoms with Crippen molar-refractivity contribution in [1.82, 2.24) is 14.9 Å². The van der Waals surface area contributed by atoms with E-state index in [2.05, 4.69) is 10.3 Å². The van der Waals surface area contributed by atoms with E-state index in [9.17, 15) is 23.1 Å². The molecular weight excluding hydrogens is 375 g/mol. The minimum absolute atomic E-state index is 0.0144. The lowest BCUT2D eigenvalue weighted by Gasteiger charge is -2.27. The minimum atomic E-state index is -4.61. The predicted molar refractivity (Wildman–Crippen MR) is 97.2 cm³/mol. The lowest BCUT2D eigenvalue weighted by molar-refractivity contribution is -0.136. The quantitative estimate of drug-likeness (QED) is 0.809. The molecule has 2 aromatic rings. The number of nitrogens with one attached hydrogen (secondary N) is 1. The summed E-state index contributed by atoms with van der Waals surface area (Å²) >= 11 is 0. The molecule has 0 radical (unpaired) electrons. The zero-order valence-corrected chi connectivity index (χ0v) is 16.0. The van der Waals surface area contributed by atoms with Crippen molar-refractivity contribution in [3.05, 3.63) is 24.0 Å². The number of carbonyl (C=O) groups excluding carboxylic acids is 1. The molecular formula is C19H24F3N3O3. The van der Waals surface area contributed by atoms with Gasteiger partial charge in [-0.1, -0.05) is 0 Å². The van der Waals surface area contributed by atoms with Crippen LogP contribution in [0, 0.1) is 0 Å². The van der Waals surface area contributed by atoms with Gasteiger partial charge in [-0.3, -0.25) is 4.79 Å². The average molecular weight is 399 g/mol. The van der Waals surface area contributed by atoms with Crippen LogP contribution in [0.25, 0.3) is 11.0 Å². The van der Waals surface area contributed by atoms with E-state index in [4.69, 9.17) is 4.74 Å². The second-order valence-corrected chi connectivity index (χ2v) is 8.04. The summed E-state index contributed by atoms with van der Waals surface area (Å²) in [6.45, 7) is 4.97. The molecule has 1 aromatic heterocycles. The van der Waals surface area contributed by atoms with Gasteiger partial charge < -0.3 is 19.7 Å². The number of alkyl halides is 3. The number of hydrogen-bond acceptors (Lipinski definition) is 5. The summed E-state index contributed by atoms with van der Waals surface area (Å²) in [5.41, 5.74) is -2.03. The van der Waals surface area contributed by atoms with Gasteiger partial charge in [-0.05, 0) is 26.8 Å². The Morgan fingerprint density at radius 3 is 2.64 bits per heavy atom. The number of Topliss-reactive ketones (excluding diaryl/α,β-unsaturated/α-hetero) is 1. The molecule has 1 fully saturated rings. The molecule has 2 atom stereocenters. The van der Waals surface area contributed by atoms with E-state index in [0.29, 0.717) is 12.8 Å². The fraction of sp³-hybridized carbons (Fsp3) is 0.579. The van der Waals surface area contributed by atoms with E-state index in [-0.39, 0.29) is 47.8 Å². The number of aromatic nitrogens is 2. The molecule has 1 aromatic carbocycles. The molecule has 3 rings (SSSR count). The topological polar surface area (TPSA) is 76.4 Å². The molecule has 28 heavy (non-hydrogen) atoms. The first-order valence-electron chi connectivity index (χ1n) is 9.11. The van der Waals surface area contributed by atoms with Crippen molar-refractivity contribution in [2.75, 3.05) is 6.61 Å². The Kier molecular flexibility index (Phi) is 5.42. The number of rotatable bonds is 5. The second kappa shape index (κ2) is 7.36. The maximum absolute atomic E-state index is 13.7. The molecule has 1 aliphatic rings. The van der Waals surface area contributed by atoms with Crippen molar-refractivity contribution in [2.45, 2.75) is 64.0 Å². The lowest BCUT2D eigenvalue weighted by atomic mass is 9.99. The van der Waals surface area contributed by atoms with Crippen LogP contribution in [0.15, 0.2) is 18.5 Å². The summed E-state index contributed by atoms with van der Waals surface area (Å²) in [4.78, 5) is 15.8. The van der Waals surface area contributed by atoms with Gasteiger partial charge in [-0.2, -0.15) is 13.2 Å². The van der Waals surface area contributed by atoms with Gasteiger partial charge in [-0.15, -0.1) is 0 Å². The van der Waals surface area contributed by atoms with E-state index >= 15 is 0 Å². The normalized spacial score (nSPS) is 21.3. The molecule has 2 heterocycles. The maximum atomic E-state index is 13.7. The molecule has 0 amide bonds. The predicted octanol–water partition coefficient (Wildman–Crippen LogP) is 2.91. The van der Waals surface area contributed by atoms with Crippen LogP contribution in [-0.4, -0.2) is 44.7 Å². The van der Waals surface area contributed by atoms with Crippen LogP contribution < -0.4 is 10.1 Å². The van der Waals surface area contributed by atoms with Crippen molar-refractivity contribution in [3.8, 4) is 5.75 Å². The van der Waals surface area contributed by atoms with Crippen LogP contribution in [0.2, 0.25) is 0 Å². The van der Waals surface area contributed by atoms with Crippen molar-refractivity contribution >= 4 is 16.8 Å². The van der Waals surface area contributed by atoms with Crippen LogP contribution >= 0.6 is 0 Å². The van der Waals surface area contributed by atoms with Gasteiger partial charge in [0.2, 0.25) is 0 Å². The number of ketones is 1. The third-order valence-electron chi connectivity index (χ3n) is 4.53. The molecule has 9 heteroatoms. The Balaban J connectivity index is 1.89. The Hall–Kier alpha value is -2.13. The molecule has 1 aliphatic heterocycles. The van der Waals surface area contributed by atoms with Gasteiger partial charge >= 0.3 is 6.18 Å². The van der Waals surface area contributed by atoms with Crippen LogP contribution in [0.1, 0.15) is 39.2 Å². The van der Waals surface area contributed by atoms with Gasteiger partial charge in [0.1, 0.15) is 18.1 Å². The van der Waals surface area contributed by atoms with Crippen molar-refractivity contribution in [1.29, 1.82) is 0 Å². The van der Waals surface area contributed by atoms with Crippen LogP contribution in [0.4, 0.5) is 13.2 Å². The first-order chi connectivity index (χ1) is 12.9. The third-order valence-corrected chi connectivity index (χ3v) is 4.53. The molecule has 0 aliphatic carbocycles. The summed E-state index contributed by atoms with van der Waals surface area (Å²) in [5.74, 6) is 0.150. The Morgan fingerprint density at radius 2 is 2.04 bits per heavy atom. The first-order valence-corrected chi connectivity index (χ1v) is 9.11. The number of ether oxygens (including phenoxy) is 1. The average Bonchev–Trinajstić information content (AvgIpc) is 2.91. The largest absolute Gasteiger partial charge is 0.492 e. The minimum Gasteiger partial charge on any atom is -0.492 e. The molecule has 2 N–H and O–H groups in total. The summed E-state index contributed by atoms with van der Waals surface area (Å²) in [5, 5.41) is 13.2. The van der Waals surface area contributed by atoms with Gasteiger partial charge in [0, 0.05) is 31.0 Å². The highest BCUT2D eigenvalue weighted by atomic mass is 19.4. The van der Waals surface area contributed by atoms with Crippen LogP contribution in [-0.2, 0) is 17.5 Å². The lowest BCUT2D eigenvalue weighted by Crippen LogP contribution is -2.47. The van der Waals surface area contributed by atoms with Crippen LogP contribution in [0.3, 0.4) is 0 Å². The summed E-state index contributed by atoms with van der Waals surface area (Å²) in [7, 11) is 0. The number of nitrogens with zero attached hydrogens (tertiary/aromatic N) is 2. The Bertz CT molecular complexity index is 871. The number of aliphatic hydroxyl groups is 1. The molecule has 0 spiro atoms. The third kappa shape index (κ3) is 4.82. The van der Waals surface area contributed by atoms with Crippen molar-refractivity contribution in [3.63, 3.8) is 0 Å². The standard InChI is InChI=1S/C19H24F3N3O3/c1-11-4-13(26)5-12(24-11)8-28-14-6-15(19(20,21)22)17-16(7-14)23-10-25(17)9-18(2,3)27/h6-7,10-12,24,27H,4-5,8-9H2,1-3H3/t11-,12-/m0/s1. The number of carbonyl (C=O) groups is 1. The highest BCUT2D eigenvalue weighted by Gasteiger charge is 2.36. The summed E-state index contributed by atoms with van der Waals surface area (Å²) in [6.07, 6.45) is -2.59. The van der Waals surface area contributed by atoms with Gasteiger partial charge in [0.05, 0.1) is 35.1 Å². The zero-order valence-electron chi connectivity index (χ0n) is 16.0. The monoisotopic (exact) mass is 399 g/mol. The Labute approximate surface area is 160 Å². The first kappa shape index (κ1) is 20.6. The smallest absolute Gasteiger partial charge is 0.418 e. The number of piperidine rings is 1. The molecule has 0 bridgehead atoms. The fourth-order valence-electron chi connectivity index (χ4n) is 3.54. The number of fused-ring (bicyclic) bond motifs is 1. The number of halogens is 3. The molecule has 154 valence electrons. The van der Waals surface area contributed by atoms with E-state index in [0.717, 1.165) is 6.07 Å². The van der Waals surface area contributed by atoms with E-state index < -0.39 is 17.3 Å². The van der Waals surface area contributed by atoms with Crippen LogP contribution in [0.5, 0.6) is 5.75 Å². The van der Waals surface area contributed by atoms with Gasteiger partial charge in [0.25, 0.3) is 0 Å². The fourth-order valence-corrected chi connectivity index (χ4v) is 3.54. The molecule has 1 saturated heterocycles. The Morgan fingerprint density at radius 1 is 1.32 bits per heavy atom. The number of benzene rings is 1. The summed E-state index contributed by atoms with van der Waals surface area (Å²) in [6, 6.07) is 2.16. The van der Waals surface area contributed by atoms with Gasteiger partial charge in [-0.25, -0.2) is 4.98 Å². The maximum Gasteiger partial charge on any atom is 0.418 e. The van der Waals surface area contributed by atoms with E-state index in [1.165, 1.54) is 30.8 Å². The summed E-state index contributed by atoms with van der Waals surface area (Å²) < 4.78 is 47.9. The van der Waals surface area contributed by atoms with Crippen molar-refractivity contribution in [2.24, 2.45) is 0 Å². The van der Waals surface area contributed by atoms with Crippen molar-refractivity contribution < 1.29 is 27.8 Å². The SMILES string of the molecule is C[C@H]1CC(=O)C[C@@H](COc2cc(C(F)(F)F)c3c(c2)ncn3CC(C)(C)O)N1. The van der Waals surface area contributed by atoms with E-state index in [1.54, 1.807) is 0 Å². The highest BCUT2D eigenvalue weighted by Crippen LogP contribution is 2.37. The molecule has 0 unspecified atom stereocenters.